The lowest BCUT2D eigenvalue weighted by molar-refractivity contribution is 0.948. The molecule has 0 spiro atoms. The van der Waals surface area contributed by atoms with E-state index in [1.807, 2.05) is 18.6 Å². The zero-order chi connectivity index (χ0) is 90.7. The van der Waals surface area contributed by atoms with Gasteiger partial charge in [-0.15, -0.1) is 0 Å². The number of anilines is 12. The second kappa shape index (κ2) is 28.5. The van der Waals surface area contributed by atoms with Crippen molar-refractivity contribution in [2.24, 2.45) is 0 Å². The Morgan fingerprint density at radius 1 is 0.150 bits per heavy atom. The predicted molar refractivity (Wildman–Crippen MR) is 564 cm³/mol. The summed E-state index contributed by atoms with van der Waals surface area (Å²) in [5.74, 6) is 0. The first-order chi connectivity index (χ1) is 69.3. The zero-order valence-electron chi connectivity index (χ0n) is 77.2. The lowest BCUT2D eigenvalue weighted by Gasteiger charge is -2.40. The van der Waals surface area contributed by atoms with Crippen LogP contribution in [0.25, 0.3) is 89.0 Å². The number of benzene rings is 16. The summed E-state index contributed by atoms with van der Waals surface area (Å²) in [6, 6.07) is 117. The highest BCUT2D eigenvalue weighted by Gasteiger charge is 2.44. The molecule has 4 aromatic heterocycles. The molecule has 12 heterocycles. The summed E-state index contributed by atoms with van der Waals surface area (Å²) in [6.45, 7) is 0. The minimum absolute atomic E-state index is 0.898. The van der Waals surface area contributed by atoms with Gasteiger partial charge in [-0.05, 0) is 368 Å². The molecule has 16 aromatic carbocycles. The molecule has 140 heavy (non-hydrogen) atoms. The second-order valence-electron chi connectivity index (χ2n) is 41.4. The molecule has 0 atom stereocenters. The summed E-state index contributed by atoms with van der Waals surface area (Å²) < 4.78 is 0. The number of rotatable bonds is 0. The Kier molecular flexibility index (Phi) is 15.6. The van der Waals surface area contributed by atoms with Crippen molar-refractivity contribution in [1.82, 2.24) is 19.9 Å². The van der Waals surface area contributed by atoms with Crippen LogP contribution in [0.1, 0.15) is 178 Å². The average molecular weight is 1790 g/mol. The Hall–Kier alpha value is -16.7. The molecule has 0 unspecified atom stereocenters. The van der Waals surface area contributed by atoms with Crippen LogP contribution in [0.5, 0.6) is 0 Å². The van der Waals surface area contributed by atoms with E-state index in [0.29, 0.717) is 0 Å². The van der Waals surface area contributed by atoms with Crippen LogP contribution in [-0.4, -0.2) is 19.9 Å². The van der Waals surface area contributed by atoms with Gasteiger partial charge in [-0.2, -0.15) is 0 Å². The molecule has 16 aliphatic rings. The molecule has 0 saturated heterocycles. The van der Waals surface area contributed by atoms with Crippen molar-refractivity contribution < 1.29 is 0 Å². The van der Waals surface area contributed by atoms with Crippen LogP contribution < -0.4 is 19.6 Å². The van der Waals surface area contributed by atoms with Crippen LogP contribution in [0.15, 0.2) is 340 Å². The molecule has 20 aromatic rings. The van der Waals surface area contributed by atoms with Crippen LogP contribution in [0.4, 0.5) is 68.2 Å². The van der Waals surface area contributed by atoms with E-state index < -0.39 is 0 Å². The van der Waals surface area contributed by atoms with Crippen LogP contribution in [-0.2, 0) is 103 Å². The summed E-state index contributed by atoms with van der Waals surface area (Å²) in [7, 11) is 0. The van der Waals surface area contributed by atoms with Crippen molar-refractivity contribution in [2.75, 3.05) is 19.6 Å². The Balaban J connectivity index is 0.0000000829. The van der Waals surface area contributed by atoms with Crippen molar-refractivity contribution in [2.45, 2.75) is 103 Å². The van der Waals surface area contributed by atoms with Gasteiger partial charge < -0.3 is 19.6 Å². The van der Waals surface area contributed by atoms with E-state index in [1.165, 1.54) is 336 Å². The van der Waals surface area contributed by atoms with Crippen molar-refractivity contribution >= 4 is 68.2 Å². The SMILES string of the molecule is c1ccc2c(c1)Cc1cc3c(cc1-2)N1c2ccc4c(c2Cc2ccnc(c21)C3)Cc1ccccc1-4.c1ccc2c(c1)Cc1cc3c(cc1-2)N1c2ccc4c(c2Cc2cncc(c21)C3)Cc1ccccc1-4.c1ccc2c(c1)Cc1cc3c(cc1-2)N1c2ccc4c(c2Cc2nccc(c21)C3)-c1ccccc1C4.c1ccc2c(c1)Cc1cc3c(cc1-2)N1c2ccc4c(c2Cc2nccc(c21)C3)Cc1ccccc1-4. The maximum Gasteiger partial charge on any atom is 0.0716 e. The zero-order valence-corrected chi connectivity index (χ0v) is 77.2. The molecule has 0 saturated carbocycles. The van der Waals surface area contributed by atoms with E-state index in [4.69, 9.17) is 19.9 Å². The van der Waals surface area contributed by atoms with E-state index in [0.717, 1.165) is 103 Å². The number of nitrogens with zero attached hydrogens (tertiary/aromatic N) is 8. The summed E-state index contributed by atoms with van der Waals surface area (Å²) in [5, 5.41) is 0. The Labute approximate surface area is 812 Å². The molecule has 36 rings (SSSR count). The highest BCUT2D eigenvalue weighted by Crippen LogP contribution is 2.63. The third-order valence-corrected chi connectivity index (χ3v) is 34.3. The fraction of sp³-hybridized carbons (Fsp3) is 0.121. The van der Waals surface area contributed by atoms with E-state index in [2.05, 4.69) is 341 Å². The molecule has 0 amide bonds. The summed E-state index contributed by atoms with van der Waals surface area (Å²) in [4.78, 5) is 29.6. The standard InChI is InChI=1S/4C33H22N2/c1-4-8-26-19(5-1)11-21-12-22-13-23-17-34-18-24-15-30-29-14-20-6-2-3-7-25(20)27(29)9-10-31(30)35(33(23)24)32(22)16-28(21)26;1-4-8-25-19(5-1)13-22-15-23-14-21-11-12-34-30-17-29-28-16-20-6-2-3-7-24(20)26(28)9-10-31(29)35(33(21)30)32(23)18-27(22)25;1-4-8-25-19(5-1)13-22-14-23-17-30-33-21(11-12-34-30)16-29-28-15-20-6-2-3-7-24(20)26(28)9-10-31(29)35(33)32(23)18-27(22)25;1-3-7-25-19(5-1)14-23-16-24-15-22-11-12-34-29-17-28-30(35(33(22)29)31(24)18-27(23)25)10-9-21-13-20-6-2-4-8-26(20)32(21)28/h1-10,12,16-18H,11,13-15H2;1-12,15,18H,13-14,16-17H2;1-12,14,18H,13,15-17H2;1-12,16,18H,13-15,17H2. The van der Waals surface area contributed by atoms with Gasteiger partial charge in [-0.25, -0.2) is 0 Å². The summed E-state index contributed by atoms with van der Waals surface area (Å²) in [6.07, 6.45) is 26.0. The molecular weight excluding hydrogens is 1700 g/mol. The fourth-order valence-electron chi connectivity index (χ4n) is 28.3. The van der Waals surface area contributed by atoms with Crippen molar-refractivity contribution in [3.63, 3.8) is 0 Å². The van der Waals surface area contributed by atoms with Crippen molar-refractivity contribution in [1.29, 1.82) is 0 Å². The van der Waals surface area contributed by atoms with Gasteiger partial charge in [0, 0.05) is 82.4 Å². The number of hydrogen-bond donors (Lipinski definition) is 0. The van der Waals surface area contributed by atoms with Crippen LogP contribution in [0, 0.1) is 0 Å². The molecule has 0 radical (unpaired) electrons. The van der Waals surface area contributed by atoms with Gasteiger partial charge in [-0.3, -0.25) is 19.9 Å². The molecular formula is C132H88N8. The quantitative estimate of drug-likeness (QED) is 0.149. The van der Waals surface area contributed by atoms with Gasteiger partial charge >= 0.3 is 0 Å². The minimum atomic E-state index is 0.898. The average Bonchev–Trinajstić information content (AvgIpc) is 1.43. The topological polar surface area (TPSA) is 64.5 Å². The second-order valence-corrected chi connectivity index (χ2v) is 41.4. The van der Waals surface area contributed by atoms with Gasteiger partial charge in [-0.1, -0.05) is 243 Å². The Bertz CT molecular complexity index is 8510. The van der Waals surface area contributed by atoms with E-state index in [-0.39, 0.29) is 0 Å². The van der Waals surface area contributed by atoms with Crippen molar-refractivity contribution in [3.05, 3.63) is 519 Å². The van der Waals surface area contributed by atoms with E-state index >= 15 is 0 Å². The monoisotopic (exact) mass is 1780 g/mol. The summed E-state index contributed by atoms with van der Waals surface area (Å²) >= 11 is 0. The predicted octanol–water partition coefficient (Wildman–Crippen LogP) is 30.0. The smallest absolute Gasteiger partial charge is 0.0716 e. The molecule has 656 valence electrons. The molecule has 8 aliphatic carbocycles. The Morgan fingerprint density at radius 3 is 0.814 bits per heavy atom. The third-order valence-electron chi connectivity index (χ3n) is 34.3. The van der Waals surface area contributed by atoms with Gasteiger partial charge in [0.15, 0.2) is 0 Å². The molecule has 8 aliphatic heterocycles. The van der Waals surface area contributed by atoms with Gasteiger partial charge in [0.1, 0.15) is 0 Å². The molecule has 8 nitrogen and oxygen atoms in total. The maximum atomic E-state index is 4.93. The lowest BCUT2D eigenvalue weighted by Crippen LogP contribution is -2.26. The van der Waals surface area contributed by atoms with Crippen LogP contribution in [0.3, 0.4) is 0 Å². The third kappa shape index (κ3) is 10.8. The van der Waals surface area contributed by atoms with Crippen LogP contribution in [0.2, 0.25) is 0 Å². The molecule has 8 heteroatoms. The van der Waals surface area contributed by atoms with E-state index in [9.17, 15) is 0 Å². The number of aromatic nitrogens is 4. The first kappa shape index (κ1) is 76.5. The van der Waals surface area contributed by atoms with Crippen molar-refractivity contribution in [3.8, 4) is 89.0 Å². The summed E-state index contributed by atoms with van der Waals surface area (Å²) in [5.41, 5.74) is 83.8. The normalized spacial score (nSPS) is 14.9. The largest absolute Gasteiger partial charge is 0.309 e. The maximum absolute atomic E-state index is 4.93. The van der Waals surface area contributed by atoms with E-state index in [1.54, 1.807) is 0 Å². The number of hydrogen-bond acceptors (Lipinski definition) is 8. The number of fused-ring (bicyclic) bond motifs is 44. The minimum Gasteiger partial charge on any atom is -0.309 e. The molecule has 0 bridgehead atoms. The molecule has 0 fully saturated rings. The first-order valence-electron chi connectivity index (χ1n) is 50.3. The number of pyridine rings is 4. The lowest BCUT2D eigenvalue weighted by atomic mass is 9.84. The molecule has 0 N–H and O–H groups in total. The van der Waals surface area contributed by atoms with Gasteiger partial charge in [0.05, 0.1) is 85.3 Å². The fourth-order valence-corrected chi connectivity index (χ4v) is 28.3. The first-order valence-corrected chi connectivity index (χ1v) is 50.3. The highest BCUT2D eigenvalue weighted by atomic mass is 15.2. The van der Waals surface area contributed by atoms with Crippen LogP contribution >= 0.6 is 0 Å². The van der Waals surface area contributed by atoms with Gasteiger partial charge in [0.2, 0.25) is 0 Å². The Morgan fingerprint density at radius 2 is 0.414 bits per heavy atom. The highest BCUT2D eigenvalue weighted by molar-refractivity contribution is 6.02. The van der Waals surface area contributed by atoms with Gasteiger partial charge in [0.25, 0.3) is 0 Å².